The molecular weight excluding hydrogens is 280 g/mol. The molecule has 120 valence electrons. The summed E-state index contributed by atoms with van der Waals surface area (Å²) in [7, 11) is 0. The molecule has 0 spiro atoms. The maximum absolute atomic E-state index is 12.4. The number of aliphatic hydroxyl groups excluding tert-OH is 1. The topological polar surface area (TPSA) is 92.4 Å². The second-order valence-corrected chi connectivity index (χ2v) is 6.51. The van der Waals surface area contributed by atoms with E-state index in [4.69, 9.17) is 5.73 Å². The summed E-state index contributed by atoms with van der Waals surface area (Å²) < 4.78 is 0. The zero-order valence-corrected chi connectivity index (χ0v) is 13.1. The van der Waals surface area contributed by atoms with Crippen molar-refractivity contribution in [1.29, 1.82) is 0 Å². The highest BCUT2D eigenvalue weighted by Crippen LogP contribution is 2.45. The van der Waals surface area contributed by atoms with Crippen molar-refractivity contribution in [2.45, 2.75) is 39.2 Å². The van der Waals surface area contributed by atoms with E-state index in [1.54, 1.807) is 24.3 Å². The van der Waals surface area contributed by atoms with Crippen LogP contribution in [-0.4, -0.2) is 29.6 Å². The largest absolute Gasteiger partial charge is 0.396 e. The summed E-state index contributed by atoms with van der Waals surface area (Å²) in [5.41, 5.74) is 5.86. The molecule has 1 aromatic carbocycles. The number of benzene rings is 1. The second-order valence-electron chi connectivity index (χ2n) is 6.51. The standard InChI is InChI=1S/C17H24N2O3/c1-11(2)14(17(10-20)8-3-9-17)19-16(22)13-6-4-12(5-7-13)15(18)21/h4-7,11,14,20H,3,8-10H2,1-2H3,(H2,18,21)(H,19,22). The fraction of sp³-hybridized carbons (Fsp3) is 0.529. The number of nitrogens with one attached hydrogen (secondary N) is 1. The Labute approximate surface area is 130 Å². The highest BCUT2D eigenvalue weighted by Gasteiger charge is 2.45. The van der Waals surface area contributed by atoms with E-state index in [2.05, 4.69) is 19.2 Å². The second kappa shape index (κ2) is 6.48. The third-order valence-corrected chi connectivity index (χ3v) is 4.71. The van der Waals surface area contributed by atoms with Crippen LogP contribution in [0.4, 0.5) is 0 Å². The number of aliphatic hydroxyl groups is 1. The highest BCUT2D eigenvalue weighted by atomic mass is 16.3. The van der Waals surface area contributed by atoms with Crippen molar-refractivity contribution in [1.82, 2.24) is 5.32 Å². The lowest BCUT2D eigenvalue weighted by atomic mass is 9.62. The van der Waals surface area contributed by atoms with Crippen LogP contribution in [0.3, 0.4) is 0 Å². The van der Waals surface area contributed by atoms with Gasteiger partial charge in [0.25, 0.3) is 5.91 Å². The molecule has 2 rings (SSSR count). The van der Waals surface area contributed by atoms with Gasteiger partial charge in [0.2, 0.25) is 5.91 Å². The molecule has 5 heteroatoms. The molecule has 22 heavy (non-hydrogen) atoms. The Hall–Kier alpha value is -1.88. The molecule has 0 aromatic heterocycles. The van der Waals surface area contributed by atoms with Gasteiger partial charge in [0.05, 0.1) is 6.61 Å². The SMILES string of the molecule is CC(C)C(NC(=O)c1ccc(C(N)=O)cc1)C1(CO)CCC1. The van der Waals surface area contributed by atoms with Gasteiger partial charge in [-0.2, -0.15) is 0 Å². The molecular formula is C17H24N2O3. The number of nitrogens with two attached hydrogens (primary N) is 1. The third-order valence-electron chi connectivity index (χ3n) is 4.71. The minimum absolute atomic E-state index is 0.0606. The quantitative estimate of drug-likeness (QED) is 0.747. The van der Waals surface area contributed by atoms with Crippen LogP contribution in [0.5, 0.6) is 0 Å². The molecule has 0 radical (unpaired) electrons. The number of hydrogen-bond donors (Lipinski definition) is 3. The highest BCUT2D eigenvalue weighted by molar-refractivity contribution is 5.97. The number of hydrogen-bond acceptors (Lipinski definition) is 3. The first kappa shape index (κ1) is 16.5. The molecule has 4 N–H and O–H groups in total. The normalized spacial score (nSPS) is 17.6. The van der Waals surface area contributed by atoms with Crippen LogP contribution in [0, 0.1) is 11.3 Å². The first-order valence-corrected chi connectivity index (χ1v) is 7.71. The van der Waals surface area contributed by atoms with Crippen LogP contribution in [0.1, 0.15) is 53.8 Å². The summed E-state index contributed by atoms with van der Waals surface area (Å²) in [5.74, 6) is -0.462. The summed E-state index contributed by atoms with van der Waals surface area (Å²) in [6.45, 7) is 4.20. The van der Waals surface area contributed by atoms with Crippen LogP contribution in [0.15, 0.2) is 24.3 Å². The van der Waals surface area contributed by atoms with Gasteiger partial charge in [0.15, 0.2) is 0 Å². The summed E-state index contributed by atoms with van der Waals surface area (Å²) in [5, 5.41) is 12.8. The molecule has 1 atom stereocenters. The average Bonchev–Trinajstić information content (AvgIpc) is 2.45. The first-order chi connectivity index (χ1) is 10.4. The van der Waals surface area contributed by atoms with E-state index in [0.717, 1.165) is 19.3 Å². The zero-order chi connectivity index (χ0) is 16.3. The smallest absolute Gasteiger partial charge is 0.251 e. The molecule has 0 heterocycles. The molecule has 0 saturated heterocycles. The van der Waals surface area contributed by atoms with Crippen LogP contribution < -0.4 is 11.1 Å². The van der Waals surface area contributed by atoms with E-state index < -0.39 is 5.91 Å². The van der Waals surface area contributed by atoms with Crippen molar-refractivity contribution in [3.05, 3.63) is 35.4 Å². The van der Waals surface area contributed by atoms with Crippen LogP contribution in [0.2, 0.25) is 0 Å². The molecule has 5 nitrogen and oxygen atoms in total. The van der Waals surface area contributed by atoms with Crippen molar-refractivity contribution in [2.24, 2.45) is 17.1 Å². The summed E-state index contributed by atoms with van der Waals surface area (Å²) >= 11 is 0. The van der Waals surface area contributed by atoms with E-state index >= 15 is 0 Å². The van der Waals surface area contributed by atoms with Crippen LogP contribution in [-0.2, 0) is 0 Å². The molecule has 2 amide bonds. The van der Waals surface area contributed by atoms with Gasteiger partial charge >= 0.3 is 0 Å². The Kier molecular flexibility index (Phi) is 4.86. The maximum atomic E-state index is 12.4. The molecule has 1 aliphatic rings. The Morgan fingerprint density at radius 2 is 1.77 bits per heavy atom. The number of carbonyl (C=O) groups excluding carboxylic acids is 2. The predicted molar refractivity (Wildman–Crippen MR) is 84.4 cm³/mol. The van der Waals surface area contributed by atoms with Crippen molar-refractivity contribution in [2.75, 3.05) is 6.61 Å². The fourth-order valence-corrected chi connectivity index (χ4v) is 3.24. The number of carbonyl (C=O) groups is 2. The first-order valence-electron chi connectivity index (χ1n) is 7.71. The monoisotopic (exact) mass is 304 g/mol. The molecule has 1 unspecified atom stereocenters. The van der Waals surface area contributed by atoms with Crippen molar-refractivity contribution in [3.63, 3.8) is 0 Å². The van der Waals surface area contributed by atoms with Crippen molar-refractivity contribution in [3.8, 4) is 0 Å². The lowest BCUT2D eigenvalue weighted by Crippen LogP contribution is -2.55. The summed E-state index contributed by atoms with van der Waals surface area (Å²) in [4.78, 5) is 23.5. The molecule has 1 saturated carbocycles. The molecule has 1 fully saturated rings. The molecule has 1 aromatic rings. The molecule has 0 aliphatic heterocycles. The Morgan fingerprint density at radius 3 is 2.14 bits per heavy atom. The number of rotatable bonds is 6. The zero-order valence-electron chi connectivity index (χ0n) is 13.1. The van der Waals surface area contributed by atoms with Crippen LogP contribution >= 0.6 is 0 Å². The van der Waals surface area contributed by atoms with Gasteiger partial charge in [0.1, 0.15) is 0 Å². The third kappa shape index (κ3) is 3.14. The van der Waals surface area contributed by atoms with Gasteiger partial charge in [-0.05, 0) is 43.0 Å². The van der Waals surface area contributed by atoms with E-state index in [-0.39, 0.29) is 29.9 Å². The average molecular weight is 304 g/mol. The van der Waals surface area contributed by atoms with E-state index in [1.807, 2.05) is 0 Å². The lowest BCUT2D eigenvalue weighted by Gasteiger charge is -2.48. The summed E-state index contributed by atoms with van der Waals surface area (Å²) in [6, 6.07) is 6.23. The minimum Gasteiger partial charge on any atom is -0.396 e. The maximum Gasteiger partial charge on any atom is 0.251 e. The Balaban J connectivity index is 2.13. The summed E-state index contributed by atoms with van der Waals surface area (Å²) in [6.07, 6.45) is 2.97. The van der Waals surface area contributed by atoms with E-state index in [1.165, 1.54) is 0 Å². The Bertz CT molecular complexity index is 542. The lowest BCUT2D eigenvalue weighted by molar-refractivity contribution is -0.00777. The predicted octanol–water partition coefficient (Wildman–Crippen LogP) is 1.70. The van der Waals surface area contributed by atoms with E-state index in [0.29, 0.717) is 11.1 Å². The number of primary amides is 1. The fourth-order valence-electron chi connectivity index (χ4n) is 3.24. The number of amides is 2. The van der Waals surface area contributed by atoms with Gasteiger partial charge in [-0.3, -0.25) is 9.59 Å². The molecule has 1 aliphatic carbocycles. The van der Waals surface area contributed by atoms with Gasteiger partial charge in [-0.25, -0.2) is 0 Å². The Morgan fingerprint density at radius 1 is 1.23 bits per heavy atom. The van der Waals surface area contributed by atoms with Gasteiger partial charge < -0.3 is 16.2 Å². The minimum atomic E-state index is -0.513. The van der Waals surface area contributed by atoms with Crippen LogP contribution in [0.25, 0.3) is 0 Å². The van der Waals surface area contributed by atoms with Crippen molar-refractivity contribution < 1.29 is 14.7 Å². The van der Waals surface area contributed by atoms with Crippen molar-refractivity contribution >= 4 is 11.8 Å². The van der Waals surface area contributed by atoms with Gasteiger partial charge in [0, 0.05) is 22.6 Å². The van der Waals surface area contributed by atoms with Gasteiger partial charge in [-0.1, -0.05) is 20.3 Å². The van der Waals surface area contributed by atoms with Gasteiger partial charge in [-0.15, -0.1) is 0 Å². The molecule has 0 bridgehead atoms. The van der Waals surface area contributed by atoms with E-state index in [9.17, 15) is 14.7 Å².